The third kappa shape index (κ3) is 4.14. The minimum Gasteiger partial charge on any atom is -0.388 e. The molecule has 2 atom stereocenters. The number of carbonyl (C=O) groups excluding carboxylic acids is 1. The fourth-order valence-electron chi connectivity index (χ4n) is 5.07. The Morgan fingerprint density at radius 2 is 1.70 bits per heavy atom. The van der Waals surface area contributed by atoms with E-state index in [2.05, 4.69) is 5.32 Å². The fraction of sp³-hybridized carbons (Fsp3) is 0.409. The lowest BCUT2D eigenvalue weighted by Crippen LogP contribution is -2.52. The smallest absolute Gasteiger partial charge is 0.255 e. The topological polar surface area (TPSA) is 109 Å². The van der Waals surface area contributed by atoms with E-state index in [0.29, 0.717) is 25.0 Å². The number of halogens is 4. The molecule has 0 aliphatic heterocycles. The summed E-state index contributed by atoms with van der Waals surface area (Å²) in [5.74, 6) is -5.96. The molecule has 2 aromatic rings. The van der Waals surface area contributed by atoms with Crippen LogP contribution in [-0.2, 0) is 9.84 Å². The summed E-state index contributed by atoms with van der Waals surface area (Å²) < 4.78 is 66.8. The van der Waals surface area contributed by atoms with Gasteiger partial charge in [0.2, 0.25) is 0 Å². The van der Waals surface area contributed by atoms with Crippen LogP contribution in [-0.4, -0.2) is 36.8 Å². The summed E-state index contributed by atoms with van der Waals surface area (Å²) in [6.07, 6.45) is 1.83. The second kappa shape index (κ2) is 8.57. The number of anilines is 1. The van der Waals surface area contributed by atoms with Crippen LogP contribution in [0.15, 0.2) is 35.2 Å². The first-order chi connectivity index (χ1) is 15.5. The van der Waals surface area contributed by atoms with Crippen LogP contribution in [0.2, 0.25) is 5.02 Å². The molecule has 0 radical (unpaired) electrons. The Labute approximate surface area is 193 Å². The van der Waals surface area contributed by atoms with Crippen molar-refractivity contribution >= 4 is 33.0 Å². The molecule has 4 rings (SSSR count). The van der Waals surface area contributed by atoms with Gasteiger partial charge in [-0.3, -0.25) is 4.79 Å². The molecule has 1 amide bonds. The quantitative estimate of drug-likeness (QED) is 0.541. The SMILES string of the molecule is NC[C@]1(O)C2CCC1C[C@@H](S(=O)(=O)c1cc(C(=O)Nc3cc(F)c(F)c(F)c3)ccc1Cl)C2. The zero-order valence-electron chi connectivity index (χ0n) is 17.3. The van der Waals surface area contributed by atoms with Crippen molar-refractivity contribution < 1.29 is 31.5 Å². The lowest BCUT2D eigenvalue weighted by atomic mass is 9.74. The normalized spacial score (nSPS) is 26.9. The minimum absolute atomic E-state index is 0.0656. The first-order valence-corrected chi connectivity index (χ1v) is 12.3. The van der Waals surface area contributed by atoms with E-state index in [9.17, 15) is 31.5 Å². The van der Waals surface area contributed by atoms with Crippen molar-refractivity contribution in [1.29, 1.82) is 0 Å². The van der Waals surface area contributed by atoms with E-state index in [1.54, 1.807) is 0 Å². The Balaban J connectivity index is 1.60. The van der Waals surface area contributed by atoms with Gasteiger partial charge >= 0.3 is 0 Å². The van der Waals surface area contributed by atoms with Crippen LogP contribution in [0, 0.1) is 29.3 Å². The Morgan fingerprint density at radius 1 is 1.12 bits per heavy atom. The second-order valence-electron chi connectivity index (χ2n) is 8.66. The number of rotatable bonds is 5. The van der Waals surface area contributed by atoms with Gasteiger partial charge in [0, 0.05) is 29.9 Å². The van der Waals surface area contributed by atoms with E-state index in [-0.39, 0.29) is 52.4 Å². The first kappa shape index (κ1) is 24.0. The van der Waals surface area contributed by atoms with Crippen molar-refractivity contribution in [3.8, 4) is 0 Å². The molecule has 2 aromatic carbocycles. The summed E-state index contributed by atoms with van der Waals surface area (Å²) in [7, 11) is -3.96. The van der Waals surface area contributed by atoms with Crippen molar-refractivity contribution in [1.82, 2.24) is 0 Å². The fourth-order valence-corrected chi connectivity index (χ4v) is 7.47. The highest BCUT2D eigenvalue weighted by molar-refractivity contribution is 7.92. The Morgan fingerprint density at radius 3 is 2.24 bits per heavy atom. The first-order valence-electron chi connectivity index (χ1n) is 10.4. The van der Waals surface area contributed by atoms with Gasteiger partial charge in [0.25, 0.3) is 5.91 Å². The van der Waals surface area contributed by atoms with Gasteiger partial charge in [0.15, 0.2) is 27.3 Å². The Kier molecular flexibility index (Phi) is 6.24. The second-order valence-corrected chi connectivity index (χ2v) is 11.3. The van der Waals surface area contributed by atoms with Crippen LogP contribution in [0.1, 0.15) is 36.0 Å². The predicted octanol–water partition coefficient (Wildman–Crippen LogP) is 3.66. The zero-order chi connectivity index (χ0) is 24.1. The molecule has 2 saturated carbocycles. The number of aliphatic hydroxyl groups is 1. The number of hydrogen-bond acceptors (Lipinski definition) is 5. The van der Waals surface area contributed by atoms with Crippen LogP contribution in [0.3, 0.4) is 0 Å². The van der Waals surface area contributed by atoms with Gasteiger partial charge in [-0.1, -0.05) is 11.6 Å². The lowest BCUT2D eigenvalue weighted by molar-refractivity contribution is -0.0498. The van der Waals surface area contributed by atoms with Gasteiger partial charge in [-0.15, -0.1) is 0 Å². The molecule has 33 heavy (non-hydrogen) atoms. The molecule has 178 valence electrons. The number of nitrogens with one attached hydrogen (secondary N) is 1. The van der Waals surface area contributed by atoms with E-state index in [4.69, 9.17) is 17.3 Å². The molecule has 2 fully saturated rings. The van der Waals surface area contributed by atoms with Crippen molar-refractivity contribution in [2.24, 2.45) is 17.6 Å². The van der Waals surface area contributed by atoms with Gasteiger partial charge in [0.05, 0.1) is 20.8 Å². The number of carbonyl (C=O) groups is 1. The summed E-state index contributed by atoms with van der Waals surface area (Å²) in [5, 5.41) is 12.2. The maximum absolute atomic E-state index is 13.4. The monoisotopic (exact) mass is 502 g/mol. The summed E-state index contributed by atoms with van der Waals surface area (Å²) in [4.78, 5) is 12.4. The van der Waals surface area contributed by atoms with Gasteiger partial charge in [-0.05, 0) is 55.7 Å². The van der Waals surface area contributed by atoms with Crippen LogP contribution in [0.4, 0.5) is 18.9 Å². The molecule has 2 unspecified atom stereocenters. The highest BCUT2D eigenvalue weighted by Gasteiger charge is 2.55. The van der Waals surface area contributed by atoms with E-state index < -0.39 is 44.0 Å². The number of nitrogens with two attached hydrogens (primary N) is 1. The average molecular weight is 503 g/mol. The van der Waals surface area contributed by atoms with Crippen molar-refractivity contribution in [3.05, 3.63) is 58.4 Å². The van der Waals surface area contributed by atoms with Crippen LogP contribution < -0.4 is 11.1 Å². The maximum Gasteiger partial charge on any atom is 0.255 e. The molecule has 2 aliphatic rings. The highest BCUT2D eigenvalue weighted by atomic mass is 35.5. The molecule has 11 heteroatoms. The van der Waals surface area contributed by atoms with Crippen molar-refractivity contribution in [2.75, 3.05) is 11.9 Å². The van der Waals surface area contributed by atoms with Crippen LogP contribution in [0.5, 0.6) is 0 Å². The molecule has 0 aromatic heterocycles. The molecule has 2 bridgehead atoms. The van der Waals surface area contributed by atoms with E-state index in [0.717, 1.165) is 6.07 Å². The van der Waals surface area contributed by atoms with E-state index >= 15 is 0 Å². The van der Waals surface area contributed by atoms with Gasteiger partial charge in [-0.25, -0.2) is 21.6 Å². The summed E-state index contributed by atoms with van der Waals surface area (Å²) in [6.45, 7) is 0.0656. The van der Waals surface area contributed by atoms with Crippen LogP contribution >= 0.6 is 11.6 Å². The molecule has 2 aliphatic carbocycles. The molecule has 4 N–H and O–H groups in total. The third-order valence-electron chi connectivity index (χ3n) is 6.88. The number of amides is 1. The maximum atomic E-state index is 13.4. The van der Waals surface area contributed by atoms with Gasteiger partial charge < -0.3 is 16.2 Å². The van der Waals surface area contributed by atoms with Crippen LogP contribution in [0.25, 0.3) is 0 Å². The Hall–Kier alpha value is -2.14. The van der Waals surface area contributed by atoms with E-state index in [1.165, 1.54) is 12.1 Å². The summed E-state index contributed by atoms with van der Waals surface area (Å²) in [6, 6.07) is 4.85. The Bertz CT molecular complexity index is 1190. The third-order valence-corrected chi connectivity index (χ3v) is 9.53. The van der Waals surface area contributed by atoms with E-state index in [1.807, 2.05) is 0 Å². The van der Waals surface area contributed by atoms with Gasteiger partial charge in [0.1, 0.15) is 0 Å². The standard InChI is InChI=1S/C22H22ClF3N2O4S/c23-16-4-1-11(21(29)28-14-8-17(24)20(26)18(25)9-14)5-19(16)33(31,32)15-6-12-2-3-13(7-15)22(12,30)10-27/h1,4-5,8-9,12-13,15,30H,2-3,6-7,10,27H2,(H,28,29)/t12?,13?,15-,22-. The van der Waals surface area contributed by atoms with Gasteiger partial charge in [-0.2, -0.15) is 0 Å². The molecule has 0 saturated heterocycles. The number of hydrogen-bond donors (Lipinski definition) is 3. The van der Waals surface area contributed by atoms with Crippen molar-refractivity contribution in [3.63, 3.8) is 0 Å². The molecule has 6 nitrogen and oxygen atoms in total. The average Bonchev–Trinajstić information content (AvgIpc) is 2.93. The minimum atomic E-state index is -3.96. The molecular formula is C22H22ClF3N2O4S. The summed E-state index contributed by atoms with van der Waals surface area (Å²) >= 11 is 6.17. The number of fused-ring (bicyclic) bond motifs is 2. The molecule has 0 heterocycles. The van der Waals surface area contributed by atoms with Crippen molar-refractivity contribution in [2.45, 2.75) is 41.4 Å². The highest BCUT2D eigenvalue weighted by Crippen LogP contribution is 2.51. The molecule has 0 spiro atoms. The molecular weight excluding hydrogens is 481 g/mol. The largest absolute Gasteiger partial charge is 0.388 e. The summed E-state index contributed by atoms with van der Waals surface area (Å²) in [5.41, 5.74) is 4.24. The number of sulfone groups is 1. The predicted molar refractivity (Wildman–Crippen MR) is 116 cm³/mol. The lowest BCUT2D eigenvalue weighted by Gasteiger charge is -2.41. The zero-order valence-corrected chi connectivity index (χ0v) is 18.9. The number of benzene rings is 2.